The Labute approximate surface area is 70.8 Å². The van der Waals surface area contributed by atoms with Crippen LogP contribution in [0.1, 0.15) is 28.7 Å². The Bertz CT molecular complexity index is 315. The Morgan fingerprint density at radius 3 is 2.58 bits per heavy atom. The number of rotatable bonds is 2. The third-order valence-corrected chi connectivity index (χ3v) is 1.90. The molecule has 0 unspecified atom stereocenters. The Hall–Kier alpha value is -1.32. The van der Waals surface area contributed by atoms with Crippen LogP contribution in [0.5, 0.6) is 0 Å². The lowest BCUT2D eigenvalue weighted by Gasteiger charge is -1.97. The average Bonchev–Trinajstić information content (AvgIpc) is 2.24. The third kappa shape index (κ3) is 1.20. The quantitative estimate of drug-likeness (QED) is 0.716. The molecular formula is C8H12N2O2. The summed E-state index contributed by atoms with van der Waals surface area (Å²) < 4.78 is 1.41. The van der Waals surface area contributed by atoms with E-state index in [4.69, 9.17) is 5.11 Å². The molecule has 0 aliphatic heterocycles. The zero-order valence-electron chi connectivity index (χ0n) is 7.46. The highest BCUT2D eigenvalue weighted by molar-refractivity contribution is 5.87. The number of hydrogen-bond donors (Lipinski definition) is 1. The minimum atomic E-state index is -0.907. The first-order valence-electron chi connectivity index (χ1n) is 3.83. The number of aromatic carboxylic acids is 1. The summed E-state index contributed by atoms with van der Waals surface area (Å²) in [5, 5.41) is 12.9. The van der Waals surface area contributed by atoms with E-state index in [-0.39, 0.29) is 0 Å². The maximum atomic E-state index is 10.8. The molecule has 0 amide bonds. The van der Waals surface area contributed by atoms with E-state index in [1.165, 1.54) is 4.68 Å². The molecule has 4 heteroatoms. The lowest BCUT2D eigenvalue weighted by Crippen LogP contribution is -2.07. The zero-order valence-corrected chi connectivity index (χ0v) is 7.46. The van der Waals surface area contributed by atoms with Crippen molar-refractivity contribution in [2.75, 3.05) is 0 Å². The minimum Gasteiger partial charge on any atom is -0.477 e. The molecule has 0 spiro atoms. The van der Waals surface area contributed by atoms with Crippen LogP contribution in [0.15, 0.2) is 0 Å². The van der Waals surface area contributed by atoms with Crippen molar-refractivity contribution in [2.45, 2.75) is 20.3 Å². The molecule has 0 atom stereocenters. The first-order chi connectivity index (χ1) is 5.57. The molecule has 1 rings (SSSR count). The molecule has 1 N–H and O–H groups in total. The highest BCUT2D eigenvalue weighted by atomic mass is 16.4. The van der Waals surface area contributed by atoms with E-state index in [1.54, 1.807) is 7.05 Å². The van der Waals surface area contributed by atoms with Crippen LogP contribution in [0.4, 0.5) is 0 Å². The molecule has 1 aromatic rings. The van der Waals surface area contributed by atoms with Crippen molar-refractivity contribution in [3.8, 4) is 0 Å². The Morgan fingerprint density at radius 2 is 2.25 bits per heavy atom. The van der Waals surface area contributed by atoms with E-state index in [1.807, 2.05) is 13.8 Å². The van der Waals surface area contributed by atoms with Crippen LogP contribution in [-0.4, -0.2) is 20.9 Å². The monoisotopic (exact) mass is 168 g/mol. The minimum absolute atomic E-state index is 0.301. The molecule has 4 nitrogen and oxygen atoms in total. The smallest absolute Gasteiger partial charge is 0.354 e. The molecule has 1 heterocycles. The van der Waals surface area contributed by atoms with Crippen molar-refractivity contribution >= 4 is 5.97 Å². The van der Waals surface area contributed by atoms with Crippen LogP contribution in [-0.2, 0) is 13.5 Å². The number of carbonyl (C=O) groups is 1. The molecular weight excluding hydrogens is 156 g/mol. The topological polar surface area (TPSA) is 55.1 Å². The Morgan fingerprint density at radius 1 is 1.67 bits per heavy atom. The number of nitrogens with zero attached hydrogens (tertiary/aromatic N) is 2. The van der Waals surface area contributed by atoms with Gasteiger partial charge in [-0.25, -0.2) is 4.79 Å². The summed E-state index contributed by atoms with van der Waals surface area (Å²) in [7, 11) is 1.65. The molecule has 0 aliphatic carbocycles. The van der Waals surface area contributed by atoms with Crippen molar-refractivity contribution in [3.63, 3.8) is 0 Å². The predicted octanol–water partition coefficient (Wildman–Crippen LogP) is 0.989. The van der Waals surface area contributed by atoms with Crippen LogP contribution >= 0.6 is 0 Å². The largest absolute Gasteiger partial charge is 0.477 e. The van der Waals surface area contributed by atoms with Gasteiger partial charge in [-0.1, -0.05) is 6.92 Å². The van der Waals surface area contributed by atoms with E-state index in [0.29, 0.717) is 12.1 Å². The van der Waals surface area contributed by atoms with Gasteiger partial charge in [0.2, 0.25) is 0 Å². The first-order valence-corrected chi connectivity index (χ1v) is 3.83. The van der Waals surface area contributed by atoms with Gasteiger partial charge >= 0.3 is 5.97 Å². The average molecular weight is 168 g/mol. The number of aromatic nitrogens is 2. The maximum absolute atomic E-state index is 10.8. The summed E-state index contributed by atoms with van der Waals surface area (Å²) in [5.41, 5.74) is 1.93. The van der Waals surface area contributed by atoms with Gasteiger partial charge in [-0.15, -0.1) is 0 Å². The second-order valence-corrected chi connectivity index (χ2v) is 2.69. The molecule has 0 fully saturated rings. The van der Waals surface area contributed by atoms with Gasteiger partial charge in [0, 0.05) is 12.6 Å². The molecule has 0 radical (unpaired) electrons. The van der Waals surface area contributed by atoms with Gasteiger partial charge in [-0.2, -0.15) is 5.10 Å². The molecule has 0 saturated heterocycles. The summed E-state index contributed by atoms with van der Waals surface area (Å²) >= 11 is 0. The maximum Gasteiger partial charge on any atom is 0.354 e. The standard InChI is InChI=1S/C8H12N2O2/c1-4-6-5(2)9-10(3)7(6)8(11)12/h4H2,1-3H3,(H,11,12). The van der Waals surface area contributed by atoms with E-state index >= 15 is 0 Å². The Kier molecular flexibility index (Phi) is 2.17. The molecule has 66 valence electrons. The highest BCUT2D eigenvalue weighted by Gasteiger charge is 2.16. The van der Waals surface area contributed by atoms with E-state index in [9.17, 15) is 4.79 Å². The van der Waals surface area contributed by atoms with Crippen molar-refractivity contribution in [3.05, 3.63) is 17.0 Å². The fourth-order valence-corrected chi connectivity index (χ4v) is 1.39. The van der Waals surface area contributed by atoms with Gasteiger partial charge in [0.25, 0.3) is 0 Å². The number of carboxylic acid groups (broad SMARTS) is 1. The summed E-state index contributed by atoms with van der Waals surface area (Å²) in [4.78, 5) is 10.8. The third-order valence-electron chi connectivity index (χ3n) is 1.90. The fraction of sp³-hybridized carbons (Fsp3) is 0.500. The van der Waals surface area contributed by atoms with E-state index < -0.39 is 5.97 Å². The van der Waals surface area contributed by atoms with Crippen LogP contribution < -0.4 is 0 Å². The van der Waals surface area contributed by atoms with Crippen LogP contribution in [0.3, 0.4) is 0 Å². The lowest BCUT2D eigenvalue weighted by atomic mass is 10.1. The molecule has 1 aromatic heterocycles. The molecule has 0 saturated carbocycles. The van der Waals surface area contributed by atoms with Gasteiger partial charge in [-0.3, -0.25) is 4.68 Å². The van der Waals surface area contributed by atoms with Crippen LogP contribution in [0, 0.1) is 6.92 Å². The summed E-state index contributed by atoms with van der Waals surface area (Å²) in [6, 6.07) is 0. The van der Waals surface area contributed by atoms with Crippen molar-refractivity contribution in [1.82, 2.24) is 9.78 Å². The molecule has 0 aliphatic rings. The van der Waals surface area contributed by atoms with Gasteiger partial charge < -0.3 is 5.11 Å². The van der Waals surface area contributed by atoms with E-state index in [2.05, 4.69) is 5.10 Å². The Balaban J connectivity index is 3.32. The normalized spacial score (nSPS) is 10.2. The predicted molar refractivity (Wildman–Crippen MR) is 44.3 cm³/mol. The molecule has 12 heavy (non-hydrogen) atoms. The van der Waals surface area contributed by atoms with Gasteiger partial charge in [0.1, 0.15) is 5.69 Å². The lowest BCUT2D eigenvalue weighted by molar-refractivity contribution is 0.0684. The van der Waals surface area contributed by atoms with E-state index in [0.717, 1.165) is 11.3 Å². The zero-order chi connectivity index (χ0) is 9.30. The second kappa shape index (κ2) is 2.97. The second-order valence-electron chi connectivity index (χ2n) is 2.69. The fourth-order valence-electron chi connectivity index (χ4n) is 1.39. The molecule has 0 aromatic carbocycles. The SMILES string of the molecule is CCc1c(C)nn(C)c1C(=O)O. The molecule has 0 bridgehead atoms. The summed E-state index contributed by atoms with van der Waals surface area (Å²) in [5.74, 6) is -0.907. The van der Waals surface area contributed by atoms with Crippen molar-refractivity contribution < 1.29 is 9.90 Å². The number of hydrogen-bond acceptors (Lipinski definition) is 2. The van der Waals surface area contributed by atoms with Gasteiger partial charge in [0.15, 0.2) is 0 Å². The van der Waals surface area contributed by atoms with Gasteiger partial charge in [0.05, 0.1) is 5.69 Å². The highest BCUT2D eigenvalue weighted by Crippen LogP contribution is 2.13. The summed E-state index contributed by atoms with van der Waals surface area (Å²) in [6.45, 7) is 3.75. The van der Waals surface area contributed by atoms with Crippen molar-refractivity contribution in [2.24, 2.45) is 7.05 Å². The first kappa shape index (κ1) is 8.77. The number of carboxylic acids is 1. The van der Waals surface area contributed by atoms with Crippen molar-refractivity contribution in [1.29, 1.82) is 0 Å². The number of aryl methyl sites for hydroxylation is 2. The van der Waals surface area contributed by atoms with Crippen LogP contribution in [0.25, 0.3) is 0 Å². The summed E-state index contributed by atoms with van der Waals surface area (Å²) in [6.07, 6.45) is 0.710. The van der Waals surface area contributed by atoms with Gasteiger partial charge in [-0.05, 0) is 13.3 Å². The van der Waals surface area contributed by atoms with Crippen LogP contribution in [0.2, 0.25) is 0 Å².